The number of fused-ring (bicyclic) bond motifs is 3. The van der Waals surface area contributed by atoms with Gasteiger partial charge in [0.25, 0.3) is 0 Å². The second-order valence-corrected chi connectivity index (χ2v) is 14.8. The van der Waals surface area contributed by atoms with E-state index in [0.717, 1.165) is 18.3 Å². The molecule has 1 aliphatic rings. The monoisotopic (exact) mass is 628 g/mol. The summed E-state index contributed by atoms with van der Waals surface area (Å²) >= 11 is 1.65. The van der Waals surface area contributed by atoms with Crippen LogP contribution in [-0.2, 0) is 41.5 Å². The molecule has 3 aromatic carbocycles. The van der Waals surface area contributed by atoms with Crippen LogP contribution in [0, 0.1) is 17.9 Å². The van der Waals surface area contributed by atoms with E-state index in [1.807, 2.05) is 30.3 Å². The van der Waals surface area contributed by atoms with Crippen molar-refractivity contribution in [1.82, 2.24) is 0 Å². The Bertz CT molecular complexity index is 1000. The van der Waals surface area contributed by atoms with Crippen LogP contribution in [0.25, 0.3) is 11.1 Å². The molecular weight excluding hydrogens is 583 g/mol. The molecule has 38 heavy (non-hydrogen) atoms. The van der Waals surface area contributed by atoms with E-state index in [2.05, 4.69) is 106 Å². The Morgan fingerprint density at radius 1 is 0.816 bits per heavy atom. The van der Waals surface area contributed by atoms with Gasteiger partial charge in [-0.05, 0) is 28.4 Å². The fraction of sp³-hybridized carbons (Fsp3) is 0.486. The predicted octanol–water partition coefficient (Wildman–Crippen LogP) is 3.86. The molecular formula is C35H48Cl2Zr-2. The number of benzene rings is 2. The molecule has 4 rings (SSSR count). The summed E-state index contributed by atoms with van der Waals surface area (Å²) < 4.78 is 1.75. The van der Waals surface area contributed by atoms with E-state index >= 15 is 0 Å². The second-order valence-electron chi connectivity index (χ2n) is 13.1. The first-order chi connectivity index (χ1) is 16.7. The predicted molar refractivity (Wildman–Crippen MR) is 157 cm³/mol. The Kier molecular flexibility index (Phi) is 16.0. The zero-order valence-corrected chi connectivity index (χ0v) is 29.3. The Balaban J connectivity index is 0.000000676. The molecule has 0 N–H and O–H groups in total. The topological polar surface area (TPSA) is 0 Å². The first kappa shape index (κ1) is 37.1. The van der Waals surface area contributed by atoms with Gasteiger partial charge in [0.15, 0.2) is 0 Å². The van der Waals surface area contributed by atoms with Gasteiger partial charge < -0.3 is 24.8 Å². The minimum Gasteiger partial charge on any atom is -1.00 e. The molecule has 0 amide bonds. The minimum atomic E-state index is 0. The van der Waals surface area contributed by atoms with Crippen LogP contribution in [0.15, 0.2) is 60.7 Å². The first-order valence-electron chi connectivity index (χ1n) is 13.6. The third-order valence-electron chi connectivity index (χ3n) is 6.33. The molecule has 0 bridgehead atoms. The van der Waals surface area contributed by atoms with Crippen LogP contribution in [0.1, 0.15) is 104 Å². The minimum absolute atomic E-state index is 0. The molecule has 0 fully saturated rings. The Morgan fingerprint density at radius 3 is 1.76 bits per heavy atom. The zero-order chi connectivity index (χ0) is 27.1. The fourth-order valence-electron chi connectivity index (χ4n) is 4.42. The van der Waals surface area contributed by atoms with Crippen molar-refractivity contribution in [3.63, 3.8) is 0 Å². The average molecular weight is 631 g/mol. The van der Waals surface area contributed by atoms with E-state index in [9.17, 15) is 0 Å². The molecule has 0 nitrogen and oxygen atoms in total. The van der Waals surface area contributed by atoms with Gasteiger partial charge in [-0.3, -0.25) is 0 Å². The Hall–Kier alpha value is -0.877. The van der Waals surface area contributed by atoms with Gasteiger partial charge in [-0.2, -0.15) is 42.0 Å². The van der Waals surface area contributed by atoms with Crippen molar-refractivity contribution >= 4 is 3.21 Å². The van der Waals surface area contributed by atoms with Crippen molar-refractivity contribution in [3.8, 4) is 11.1 Å². The van der Waals surface area contributed by atoms with Crippen LogP contribution in [0.3, 0.4) is 0 Å². The van der Waals surface area contributed by atoms with Gasteiger partial charge in [0, 0.05) is 0 Å². The molecule has 0 heterocycles. The SMILES string of the molecule is CC(C)(C)c1[c-]c2c(cc1)-c1ccc(C(C)(C)C)cc1C2.CC(C)C[C](=[Zr+2])CC(C)C.[Cl-].[Cl-].c1cc[cH-]c1. The molecule has 0 saturated carbocycles. The summed E-state index contributed by atoms with van der Waals surface area (Å²) in [5.41, 5.74) is 8.70. The van der Waals surface area contributed by atoms with E-state index in [0.29, 0.717) is 0 Å². The van der Waals surface area contributed by atoms with Crippen molar-refractivity contribution in [2.75, 3.05) is 0 Å². The maximum atomic E-state index is 3.67. The summed E-state index contributed by atoms with van der Waals surface area (Å²) in [7, 11) is 0. The molecule has 0 aromatic heterocycles. The van der Waals surface area contributed by atoms with E-state index < -0.39 is 0 Å². The molecule has 0 aliphatic heterocycles. The third kappa shape index (κ3) is 12.1. The van der Waals surface area contributed by atoms with Crippen molar-refractivity contribution in [2.45, 2.75) is 99.3 Å². The van der Waals surface area contributed by atoms with Crippen molar-refractivity contribution in [2.24, 2.45) is 11.8 Å². The Labute approximate surface area is 261 Å². The van der Waals surface area contributed by atoms with Crippen LogP contribution in [-0.4, -0.2) is 3.21 Å². The summed E-state index contributed by atoms with van der Waals surface area (Å²) in [6, 6.07) is 25.2. The van der Waals surface area contributed by atoms with Gasteiger partial charge in [-0.1, -0.05) is 65.3 Å². The standard InChI is InChI=1S/C21H25.C9H18.C5H5.2ClH.Zr/c1-20(2,3)16-7-9-18-14(12-16)11-15-13-17(21(4,5)6)8-10-19(15)18;1-8(2)6-5-7-9(3)4;1-2-4-5-3-1;;;/h7-10,12H,11H2,1-6H3;8-9H,6-7H2,1-4H3;1-5H;2*1H;/q-1;;-1;;;+2/p-2. The maximum absolute atomic E-state index is 3.67. The molecule has 3 heteroatoms. The number of hydrogen-bond acceptors (Lipinski definition) is 0. The third-order valence-corrected chi connectivity index (χ3v) is 7.33. The first-order valence-corrected chi connectivity index (χ1v) is 14.8. The summed E-state index contributed by atoms with van der Waals surface area (Å²) in [6.45, 7) is 22.8. The van der Waals surface area contributed by atoms with Crippen molar-refractivity contribution in [3.05, 3.63) is 89.0 Å². The summed E-state index contributed by atoms with van der Waals surface area (Å²) in [4.78, 5) is 0. The van der Waals surface area contributed by atoms with Gasteiger partial charge in [0.05, 0.1) is 0 Å². The van der Waals surface area contributed by atoms with E-state index in [4.69, 9.17) is 0 Å². The number of hydrogen-bond donors (Lipinski definition) is 0. The molecule has 0 radical (unpaired) electrons. The maximum Gasteiger partial charge on any atom is -0.172 e. The van der Waals surface area contributed by atoms with E-state index in [1.165, 1.54) is 46.2 Å². The molecule has 3 aromatic rings. The quantitative estimate of drug-likeness (QED) is 0.301. The van der Waals surface area contributed by atoms with Crippen LogP contribution in [0.2, 0.25) is 0 Å². The smallest absolute Gasteiger partial charge is 0.172 e. The zero-order valence-electron chi connectivity index (χ0n) is 25.3. The number of halogens is 2. The van der Waals surface area contributed by atoms with Gasteiger partial charge in [-0.25, -0.2) is 12.1 Å². The second kappa shape index (κ2) is 16.4. The molecule has 0 unspecified atom stereocenters. The van der Waals surface area contributed by atoms with Crippen molar-refractivity contribution in [1.29, 1.82) is 0 Å². The summed E-state index contributed by atoms with van der Waals surface area (Å²) in [5, 5.41) is 0. The largest absolute Gasteiger partial charge is 1.00 e. The average Bonchev–Trinajstić information content (AvgIpc) is 3.42. The van der Waals surface area contributed by atoms with Crippen molar-refractivity contribution < 1.29 is 49.0 Å². The van der Waals surface area contributed by atoms with Gasteiger partial charge >= 0.3 is 79.8 Å². The molecule has 0 atom stereocenters. The van der Waals surface area contributed by atoms with Crippen LogP contribution < -0.4 is 24.8 Å². The van der Waals surface area contributed by atoms with Crippen LogP contribution >= 0.6 is 0 Å². The molecule has 1 aliphatic carbocycles. The molecule has 208 valence electrons. The normalized spacial score (nSPS) is 11.7. The Morgan fingerprint density at radius 2 is 1.34 bits per heavy atom. The summed E-state index contributed by atoms with van der Waals surface area (Å²) in [6.07, 6.45) is 3.71. The van der Waals surface area contributed by atoms with Crippen LogP contribution in [0.5, 0.6) is 0 Å². The molecule has 0 spiro atoms. The van der Waals surface area contributed by atoms with Gasteiger partial charge in [-0.15, -0.1) is 11.1 Å². The summed E-state index contributed by atoms with van der Waals surface area (Å²) in [5.74, 6) is 1.71. The van der Waals surface area contributed by atoms with E-state index in [1.54, 1.807) is 27.4 Å². The van der Waals surface area contributed by atoms with Gasteiger partial charge in [0.2, 0.25) is 0 Å². The fourth-order valence-corrected chi connectivity index (χ4v) is 6.42. The number of rotatable bonds is 4. The molecule has 0 saturated heterocycles. The van der Waals surface area contributed by atoms with E-state index in [-0.39, 0.29) is 35.6 Å². The van der Waals surface area contributed by atoms with Crippen LogP contribution in [0.4, 0.5) is 0 Å². The van der Waals surface area contributed by atoms with Gasteiger partial charge in [0.1, 0.15) is 0 Å².